The number of aliphatic hydroxyl groups excluding tert-OH is 1. The summed E-state index contributed by atoms with van der Waals surface area (Å²) in [6.45, 7) is 5.98. The van der Waals surface area contributed by atoms with Crippen LogP contribution in [0.3, 0.4) is 0 Å². The monoisotopic (exact) mass is 306 g/mol. The lowest BCUT2D eigenvalue weighted by Crippen LogP contribution is -2.45. The number of hydrogen-bond acceptors (Lipinski definition) is 6. The molecule has 0 heterocycles. The van der Waals surface area contributed by atoms with Crippen molar-refractivity contribution in [2.75, 3.05) is 12.4 Å². The maximum atomic E-state index is 11.9. The number of carbonyl (C=O) groups excluding carboxylic acids is 3. The first kappa shape index (κ1) is 18.7. The second-order valence-electron chi connectivity index (χ2n) is 5.19. The van der Waals surface area contributed by atoms with Gasteiger partial charge in [-0.05, 0) is 20.8 Å². The molecule has 0 saturated carbocycles. The zero-order valence-corrected chi connectivity index (χ0v) is 13.0. The van der Waals surface area contributed by atoms with Crippen LogP contribution in [-0.4, -0.2) is 52.1 Å². The van der Waals surface area contributed by atoms with Gasteiger partial charge in [-0.1, -0.05) is 0 Å². The molecule has 20 heavy (non-hydrogen) atoms. The largest absolute Gasteiger partial charge is 0.458 e. The molecule has 0 aromatic heterocycles. The van der Waals surface area contributed by atoms with Gasteiger partial charge in [0.15, 0.2) is 0 Å². The van der Waals surface area contributed by atoms with Crippen LogP contribution in [0.1, 0.15) is 27.7 Å². The van der Waals surface area contributed by atoms with Gasteiger partial charge in [0.2, 0.25) is 11.8 Å². The van der Waals surface area contributed by atoms with Gasteiger partial charge in [0.1, 0.15) is 16.9 Å². The summed E-state index contributed by atoms with van der Waals surface area (Å²) < 4.78 is 5.18. The predicted molar refractivity (Wildman–Crippen MR) is 76.0 cm³/mol. The van der Waals surface area contributed by atoms with E-state index in [1.165, 1.54) is 6.92 Å². The van der Waals surface area contributed by atoms with E-state index in [9.17, 15) is 14.4 Å². The van der Waals surface area contributed by atoms with Crippen LogP contribution in [0.5, 0.6) is 0 Å². The minimum atomic E-state index is -0.898. The quantitative estimate of drug-likeness (QED) is 0.541. The molecular formula is C12H22N2O5S. The standard InChI is InChI=1S/C12H22N2O5S/c1-7(16)14-8(11(18)19-12(2,3)4)6-20-9(5-15)10(13)17/h8-9,15H,5-6H2,1-4H3,(H2,13,17)(H,14,16)/t8-,9+/m0/s1. The Morgan fingerprint density at radius 2 is 1.90 bits per heavy atom. The van der Waals surface area contributed by atoms with Crippen molar-refractivity contribution in [3.8, 4) is 0 Å². The average molecular weight is 306 g/mol. The van der Waals surface area contributed by atoms with Gasteiger partial charge in [-0.3, -0.25) is 9.59 Å². The summed E-state index contributed by atoms with van der Waals surface area (Å²) in [6.07, 6.45) is 0. The fourth-order valence-electron chi connectivity index (χ4n) is 1.22. The van der Waals surface area contributed by atoms with Gasteiger partial charge in [0.25, 0.3) is 0 Å². The van der Waals surface area contributed by atoms with E-state index in [1.807, 2.05) is 0 Å². The van der Waals surface area contributed by atoms with E-state index in [-0.39, 0.29) is 11.7 Å². The fraction of sp³-hybridized carbons (Fsp3) is 0.750. The number of amides is 2. The van der Waals surface area contributed by atoms with Crippen LogP contribution < -0.4 is 11.1 Å². The van der Waals surface area contributed by atoms with Crippen molar-refractivity contribution in [1.82, 2.24) is 5.32 Å². The summed E-state index contributed by atoms with van der Waals surface area (Å²) in [5.74, 6) is -1.58. The van der Waals surface area contributed by atoms with Crippen LogP contribution in [0.15, 0.2) is 0 Å². The van der Waals surface area contributed by atoms with E-state index in [2.05, 4.69) is 5.32 Å². The number of carbonyl (C=O) groups is 3. The smallest absolute Gasteiger partial charge is 0.330 e. The zero-order chi connectivity index (χ0) is 15.9. The molecule has 8 heteroatoms. The van der Waals surface area contributed by atoms with E-state index in [0.717, 1.165) is 11.8 Å². The second kappa shape index (κ2) is 8.11. The number of thioether (sulfide) groups is 1. The Labute approximate surface area is 122 Å². The molecule has 0 aliphatic heterocycles. The van der Waals surface area contributed by atoms with Crippen LogP contribution >= 0.6 is 11.8 Å². The van der Waals surface area contributed by atoms with Crippen LogP contribution in [0, 0.1) is 0 Å². The summed E-state index contributed by atoms with van der Waals surface area (Å²) in [6, 6.07) is -0.898. The average Bonchev–Trinajstić information content (AvgIpc) is 2.24. The van der Waals surface area contributed by atoms with Crippen molar-refractivity contribution in [2.45, 2.75) is 44.6 Å². The van der Waals surface area contributed by atoms with Gasteiger partial charge in [-0.2, -0.15) is 0 Å². The number of rotatable bonds is 7. The molecular weight excluding hydrogens is 284 g/mol. The van der Waals surface area contributed by atoms with E-state index in [4.69, 9.17) is 15.6 Å². The second-order valence-corrected chi connectivity index (χ2v) is 6.43. The van der Waals surface area contributed by atoms with E-state index in [0.29, 0.717) is 0 Å². The predicted octanol–water partition coefficient (Wildman–Crippen LogP) is -0.588. The van der Waals surface area contributed by atoms with Crippen molar-refractivity contribution in [1.29, 1.82) is 0 Å². The molecule has 116 valence electrons. The highest BCUT2D eigenvalue weighted by atomic mass is 32.2. The molecule has 0 aliphatic carbocycles. The minimum Gasteiger partial charge on any atom is -0.458 e. The number of nitrogens with one attached hydrogen (secondary N) is 1. The van der Waals surface area contributed by atoms with Gasteiger partial charge in [0.05, 0.1) is 6.61 Å². The molecule has 0 saturated heterocycles. The normalized spacial score (nSPS) is 14.2. The molecule has 0 bridgehead atoms. The summed E-state index contributed by atoms with van der Waals surface area (Å²) >= 11 is 0.994. The first-order valence-electron chi connectivity index (χ1n) is 6.08. The van der Waals surface area contributed by atoms with Gasteiger partial charge in [-0.15, -0.1) is 11.8 Å². The van der Waals surface area contributed by atoms with Crippen molar-refractivity contribution >= 4 is 29.5 Å². The van der Waals surface area contributed by atoms with Gasteiger partial charge in [-0.25, -0.2) is 4.79 Å². The highest BCUT2D eigenvalue weighted by molar-refractivity contribution is 8.00. The number of aliphatic hydroxyl groups is 1. The number of primary amides is 1. The van der Waals surface area contributed by atoms with Gasteiger partial charge < -0.3 is 20.9 Å². The van der Waals surface area contributed by atoms with Gasteiger partial charge in [0, 0.05) is 12.7 Å². The van der Waals surface area contributed by atoms with E-state index >= 15 is 0 Å². The highest BCUT2D eigenvalue weighted by Gasteiger charge is 2.27. The van der Waals surface area contributed by atoms with E-state index < -0.39 is 35.4 Å². The lowest BCUT2D eigenvalue weighted by atomic mass is 10.2. The van der Waals surface area contributed by atoms with E-state index in [1.54, 1.807) is 20.8 Å². The highest BCUT2D eigenvalue weighted by Crippen LogP contribution is 2.15. The Balaban J connectivity index is 4.68. The summed E-state index contributed by atoms with van der Waals surface area (Å²) in [5, 5.41) is 10.6. The number of ether oxygens (including phenoxy) is 1. The Morgan fingerprint density at radius 3 is 2.25 bits per heavy atom. The topological polar surface area (TPSA) is 119 Å². The molecule has 0 rings (SSSR count). The maximum absolute atomic E-state index is 11.9. The van der Waals surface area contributed by atoms with Crippen molar-refractivity contribution < 1.29 is 24.2 Å². The van der Waals surface area contributed by atoms with Crippen LogP contribution in [0.2, 0.25) is 0 Å². The molecule has 0 radical (unpaired) electrons. The molecule has 0 unspecified atom stereocenters. The van der Waals surface area contributed by atoms with Crippen LogP contribution in [0.25, 0.3) is 0 Å². The molecule has 7 nitrogen and oxygen atoms in total. The molecule has 0 aromatic rings. The lowest BCUT2D eigenvalue weighted by molar-refractivity contribution is -0.157. The molecule has 2 amide bonds. The Kier molecular flexibility index (Phi) is 7.59. The zero-order valence-electron chi connectivity index (χ0n) is 12.1. The Morgan fingerprint density at radius 1 is 1.35 bits per heavy atom. The van der Waals surface area contributed by atoms with Crippen LogP contribution in [0.4, 0.5) is 0 Å². The first-order valence-corrected chi connectivity index (χ1v) is 7.13. The third-order valence-corrected chi connectivity index (χ3v) is 3.33. The lowest BCUT2D eigenvalue weighted by Gasteiger charge is -2.24. The Bertz CT molecular complexity index is 367. The first-order chi connectivity index (χ1) is 9.06. The van der Waals surface area contributed by atoms with Gasteiger partial charge >= 0.3 is 5.97 Å². The summed E-state index contributed by atoms with van der Waals surface area (Å²) in [5.41, 5.74) is 4.41. The number of hydrogen-bond donors (Lipinski definition) is 3. The summed E-state index contributed by atoms with van der Waals surface area (Å²) in [7, 11) is 0. The van der Waals surface area contributed by atoms with Crippen LogP contribution in [-0.2, 0) is 19.1 Å². The third-order valence-electron chi connectivity index (χ3n) is 2.02. The molecule has 0 aromatic carbocycles. The van der Waals surface area contributed by atoms with Crippen molar-refractivity contribution in [3.63, 3.8) is 0 Å². The third kappa shape index (κ3) is 8.00. The maximum Gasteiger partial charge on any atom is 0.330 e. The number of esters is 1. The molecule has 2 atom stereocenters. The Hall–Kier alpha value is -1.28. The SMILES string of the molecule is CC(=O)N[C@@H](CS[C@H](CO)C(N)=O)C(=O)OC(C)(C)C. The molecule has 0 spiro atoms. The van der Waals surface area contributed by atoms with Crippen molar-refractivity contribution in [3.05, 3.63) is 0 Å². The molecule has 0 fully saturated rings. The summed E-state index contributed by atoms with van der Waals surface area (Å²) in [4.78, 5) is 34.0. The molecule has 0 aliphatic rings. The minimum absolute atomic E-state index is 0.0860. The van der Waals surface area contributed by atoms with Crippen molar-refractivity contribution in [2.24, 2.45) is 5.73 Å². The number of nitrogens with two attached hydrogens (primary N) is 1. The fourth-order valence-corrected chi connectivity index (χ4v) is 2.14. The molecule has 4 N–H and O–H groups in total.